The maximum absolute atomic E-state index is 13.8. The monoisotopic (exact) mass is 541 g/mol. The lowest BCUT2D eigenvalue weighted by Gasteiger charge is -2.40. The van der Waals surface area contributed by atoms with Crippen molar-refractivity contribution >= 4 is 27.5 Å². The molecule has 4 rings (SSSR count). The van der Waals surface area contributed by atoms with Crippen LogP contribution in [0.2, 0.25) is 0 Å². The van der Waals surface area contributed by atoms with Gasteiger partial charge in [-0.05, 0) is 31.4 Å². The summed E-state index contributed by atoms with van der Waals surface area (Å²) in [5.41, 5.74) is 7.45. The summed E-state index contributed by atoms with van der Waals surface area (Å²) < 4.78 is 34.1. The van der Waals surface area contributed by atoms with Crippen LogP contribution in [0.25, 0.3) is 0 Å². The number of hydrogen-bond acceptors (Lipinski definition) is 7. The summed E-state index contributed by atoms with van der Waals surface area (Å²) >= 11 is 0. The van der Waals surface area contributed by atoms with Crippen molar-refractivity contribution < 1.29 is 22.7 Å². The van der Waals surface area contributed by atoms with E-state index in [4.69, 9.17) is 10.5 Å². The molecule has 11 heteroatoms. The zero-order valence-corrected chi connectivity index (χ0v) is 22.8. The molecule has 0 aromatic heterocycles. The molecular weight excluding hydrogens is 506 g/mol. The lowest BCUT2D eigenvalue weighted by Crippen LogP contribution is -2.61. The van der Waals surface area contributed by atoms with Crippen LogP contribution >= 0.6 is 0 Å². The molecule has 1 saturated heterocycles. The molecule has 2 aromatic carbocycles. The van der Waals surface area contributed by atoms with Crippen LogP contribution in [-0.2, 0) is 37.4 Å². The first-order chi connectivity index (χ1) is 17.9. The number of rotatable bonds is 10. The molecule has 0 bridgehead atoms. The fourth-order valence-electron chi connectivity index (χ4n) is 4.80. The quantitative estimate of drug-likeness (QED) is 0.468. The van der Waals surface area contributed by atoms with Crippen molar-refractivity contribution in [3.05, 3.63) is 71.8 Å². The third kappa shape index (κ3) is 5.80. The van der Waals surface area contributed by atoms with Crippen molar-refractivity contribution in [3.8, 4) is 0 Å². The van der Waals surface area contributed by atoms with Crippen LogP contribution in [0.3, 0.4) is 0 Å². The Bertz CT molecular complexity index is 1290. The maximum atomic E-state index is 13.8. The molecule has 0 radical (unpaired) electrons. The summed E-state index contributed by atoms with van der Waals surface area (Å²) in [6.45, 7) is 3.11. The second-order valence-corrected chi connectivity index (χ2v) is 12.7. The number of hydrazone groups is 1. The van der Waals surface area contributed by atoms with Crippen molar-refractivity contribution in [2.75, 3.05) is 26.7 Å². The Kier molecular flexibility index (Phi) is 8.03. The number of carbonyl (C=O) groups excluding carboxylic acids is 2. The lowest BCUT2D eigenvalue weighted by molar-refractivity contribution is -0.141. The molecule has 2 aliphatic rings. The molecule has 2 aromatic rings. The van der Waals surface area contributed by atoms with E-state index in [2.05, 4.69) is 9.82 Å². The van der Waals surface area contributed by atoms with Crippen molar-refractivity contribution in [2.45, 2.75) is 44.2 Å². The van der Waals surface area contributed by atoms with Gasteiger partial charge in [-0.3, -0.25) is 9.59 Å². The third-order valence-electron chi connectivity index (χ3n) is 6.95. The van der Waals surface area contributed by atoms with Gasteiger partial charge in [-0.15, -0.1) is 0 Å². The first-order valence-electron chi connectivity index (χ1n) is 12.5. The molecule has 0 saturated carbocycles. The van der Waals surface area contributed by atoms with Gasteiger partial charge < -0.3 is 15.4 Å². The van der Waals surface area contributed by atoms with E-state index >= 15 is 0 Å². The highest BCUT2D eigenvalue weighted by Gasteiger charge is 2.54. The smallest absolute Gasteiger partial charge is 0.256 e. The van der Waals surface area contributed by atoms with Crippen molar-refractivity contribution in [3.63, 3.8) is 0 Å². The molecule has 2 unspecified atom stereocenters. The summed E-state index contributed by atoms with van der Waals surface area (Å²) in [4.78, 5) is 27.2. The number of piperidine rings is 1. The van der Waals surface area contributed by atoms with E-state index in [1.54, 1.807) is 11.9 Å². The molecule has 1 fully saturated rings. The third-order valence-corrected chi connectivity index (χ3v) is 8.93. The average molecular weight is 542 g/mol. The summed E-state index contributed by atoms with van der Waals surface area (Å²) in [6.07, 6.45) is 0.789. The van der Waals surface area contributed by atoms with Gasteiger partial charge in [0, 0.05) is 26.6 Å². The predicted molar refractivity (Wildman–Crippen MR) is 144 cm³/mol. The van der Waals surface area contributed by atoms with E-state index in [1.165, 1.54) is 18.9 Å². The molecule has 3 N–H and O–H groups in total. The molecular formula is C27H35N5O5S. The normalized spacial score (nSPS) is 20.7. The standard InChI is InChI=1S/C27H35N5O5S/c1-26(2,28)38(35,36)30-22(18-37-17-21-12-8-5-9-13-21)24(33)32-15-14-23-27(19-32,25(34)31(3)29-23)16-20-10-6-4-7-11-20/h4-13,22,30H,14-19,28H2,1-3H3. The summed E-state index contributed by atoms with van der Waals surface area (Å²) in [6, 6.07) is 17.8. The van der Waals surface area contributed by atoms with Gasteiger partial charge in [-0.2, -0.15) is 9.82 Å². The molecule has 38 heavy (non-hydrogen) atoms. The van der Waals surface area contributed by atoms with E-state index in [1.807, 2.05) is 60.7 Å². The molecule has 0 spiro atoms. The number of benzene rings is 2. The number of hydrogen-bond donors (Lipinski definition) is 2. The number of nitrogens with one attached hydrogen (secondary N) is 1. The van der Waals surface area contributed by atoms with E-state index in [0.717, 1.165) is 16.8 Å². The van der Waals surface area contributed by atoms with E-state index in [9.17, 15) is 18.0 Å². The van der Waals surface area contributed by atoms with Crippen LogP contribution in [0, 0.1) is 5.41 Å². The fraction of sp³-hybridized carbons (Fsp3) is 0.444. The second kappa shape index (κ2) is 10.9. The Morgan fingerprint density at radius 1 is 1.13 bits per heavy atom. The van der Waals surface area contributed by atoms with Gasteiger partial charge in [-0.1, -0.05) is 60.7 Å². The molecule has 2 amide bonds. The number of fused-ring (bicyclic) bond motifs is 1. The van der Waals surface area contributed by atoms with Crippen LogP contribution < -0.4 is 10.5 Å². The highest BCUT2D eigenvalue weighted by molar-refractivity contribution is 7.90. The Hall–Kier alpha value is -3.12. The van der Waals surface area contributed by atoms with Crippen LogP contribution in [0.15, 0.2) is 65.8 Å². The molecule has 204 valence electrons. The number of ether oxygens (including phenoxy) is 1. The number of sulfonamides is 1. The summed E-state index contributed by atoms with van der Waals surface area (Å²) in [5.74, 6) is -0.658. The molecule has 2 atom stereocenters. The van der Waals surface area contributed by atoms with E-state index in [-0.39, 0.29) is 25.7 Å². The SMILES string of the molecule is CN1N=C2CCN(C(=O)C(COCc3ccccc3)NS(=O)(=O)C(C)(C)N)CC2(Cc2ccccc2)C1=O. The lowest BCUT2D eigenvalue weighted by atomic mass is 9.73. The number of amides is 2. The summed E-state index contributed by atoms with van der Waals surface area (Å²) in [7, 11) is -2.46. The Labute approximate surface area is 223 Å². The number of carbonyl (C=O) groups is 2. The molecule has 2 heterocycles. The van der Waals surface area contributed by atoms with Crippen molar-refractivity contribution in [1.29, 1.82) is 0 Å². The minimum absolute atomic E-state index is 0.0890. The van der Waals surface area contributed by atoms with Crippen LogP contribution in [0.4, 0.5) is 0 Å². The zero-order valence-electron chi connectivity index (χ0n) is 22.0. The Morgan fingerprint density at radius 2 is 1.74 bits per heavy atom. The van der Waals surface area contributed by atoms with Crippen LogP contribution in [0.1, 0.15) is 31.4 Å². The van der Waals surface area contributed by atoms with E-state index < -0.39 is 32.3 Å². The molecule has 2 aliphatic heterocycles. The van der Waals surface area contributed by atoms with Crippen molar-refractivity contribution in [1.82, 2.24) is 14.6 Å². The first kappa shape index (κ1) is 27.9. The van der Waals surface area contributed by atoms with Crippen molar-refractivity contribution in [2.24, 2.45) is 16.3 Å². The highest BCUT2D eigenvalue weighted by Crippen LogP contribution is 2.38. The van der Waals surface area contributed by atoms with Crippen LogP contribution in [0.5, 0.6) is 0 Å². The number of nitrogens with zero attached hydrogens (tertiary/aromatic N) is 3. The fourth-order valence-corrected chi connectivity index (χ4v) is 5.65. The summed E-state index contributed by atoms with van der Waals surface area (Å²) in [5, 5.41) is 5.82. The topological polar surface area (TPSA) is 134 Å². The van der Waals surface area contributed by atoms with Gasteiger partial charge in [0.25, 0.3) is 5.91 Å². The number of nitrogens with two attached hydrogens (primary N) is 1. The molecule has 0 aliphatic carbocycles. The van der Waals surface area contributed by atoms with Gasteiger partial charge in [0.15, 0.2) is 0 Å². The Morgan fingerprint density at radius 3 is 2.34 bits per heavy atom. The second-order valence-electron chi connectivity index (χ2n) is 10.4. The van der Waals surface area contributed by atoms with Crippen LogP contribution in [-0.4, -0.2) is 73.5 Å². The average Bonchev–Trinajstić information content (AvgIpc) is 3.12. The predicted octanol–water partition coefficient (Wildman–Crippen LogP) is 1.48. The van der Waals surface area contributed by atoms with Gasteiger partial charge >= 0.3 is 0 Å². The zero-order chi connectivity index (χ0) is 27.6. The minimum Gasteiger partial charge on any atom is -0.375 e. The van der Waals surface area contributed by atoms with Gasteiger partial charge in [0.05, 0.1) is 18.9 Å². The number of likely N-dealkylation sites (tertiary alicyclic amines) is 1. The largest absolute Gasteiger partial charge is 0.375 e. The van der Waals surface area contributed by atoms with Gasteiger partial charge in [0.1, 0.15) is 16.3 Å². The Balaban J connectivity index is 1.58. The first-order valence-corrected chi connectivity index (χ1v) is 14.0. The highest BCUT2D eigenvalue weighted by atomic mass is 32.2. The maximum Gasteiger partial charge on any atom is 0.256 e. The van der Waals surface area contributed by atoms with Gasteiger partial charge in [0.2, 0.25) is 15.9 Å². The van der Waals surface area contributed by atoms with Gasteiger partial charge in [-0.25, -0.2) is 13.4 Å². The minimum atomic E-state index is -4.08. The molecule has 10 nitrogen and oxygen atoms in total. The van der Waals surface area contributed by atoms with E-state index in [0.29, 0.717) is 19.4 Å².